The molecule has 1 unspecified atom stereocenters. The van der Waals surface area contributed by atoms with E-state index in [4.69, 9.17) is 0 Å². The van der Waals surface area contributed by atoms with Gasteiger partial charge in [0.1, 0.15) is 6.04 Å². The van der Waals surface area contributed by atoms with E-state index in [1.54, 1.807) is 0 Å². The number of hydrogen-bond acceptors (Lipinski definition) is 3. The fourth-order valence-corrected chi connectivity index (χ4v) is 4.29. The molecule has 0 fully saturated rings. The molecule has 5 nitrogen and oxygen atoms in total. The van der Waals surface area contributed by atoms with Crippen LogP contribution in [0, 0.1) is 0 Å². The second kappa shape index (κ2) is 9.47. The third-order valence-electron chi connectivity index (χ3n) is 5.79. The Hall–Kier alpha value is -3.60. The van der Waals surface area contributed by atoms with Crippen molar-refractivity contribution in [2.75, 3.05) is 18.0 Å². The van der Waals surface area contributed by atoms with E-state index in [2.05, 4.69) is 35.6 Å². The van der Waals surface area contributed by atoms with E-state index in [0.717, 1.165) is 24.2 Å². The summed E-state index contributed by atoms with van der Waals surface area (Å²) >= 11 is 0. The highest BCUT2D eigenvalue weighted by Crippen LogP contribution is 2.38. The molecule has 1 amide bonds. The van der Waals surface area contributed by atoms with Gasteiger partial charge in [-0.05, 0) is 29.2 Å². The summed E-state index contributed by atoms with van der Waals surface area (Å²) in [5.41, 5.74) is 4.39. The highest BCUT2D eigenvalue weighted by molar-refractivity contribution is 5.87. The molecule has 2 N–H and O–H groups in total. The maximum Gasteiger partial charge on any atom is 0.326 e. The quantitative estimate of drug-likeness (QED) is 0.616. The van der Waals surface area contributed by atoms with Crippen LogP contribution in [-0.2, 0) is 16.0 Å². The molecule has 158 valence electrons. The van der Waals surface area contributed by atoms with Crippen molar-refractivity contribution in [2.45, 2.75) is 24.8 Å². The number of carbonyl (C=O) groups excluding carboxylic acids is 1. The van der Waals surface area contributed by atoms with Crippen molar-refractivity contribution < 1.29 is 14.7 Å². The molecule has 0 radical (unpaired) electrons. The molecule has 0 bridgehead atoms. The average molecular weight is 415 g/mol. The van der Waals surface area contributed by atoms with Crippen molar-refractivity contribution >= 4 is 17.6 Å². The minimum atomic E-state index is -1.03. The number of carboxylic acid groups (broad SMARTS) is 1. The van der Waals surface area contributed by atoms with Crippen LogP contribution in [-0.4, -0.2) is 36.1 Å². The summed E-state index contributed by atoms with van der Waals surface area (Å²) in [7, 11) is 0. The third-order valence-corrected chi connectivity index (χ3v) is 5.79. The Kier molecular flexibility index (Phi) is 6.32. The van der Waals surface area contributed by atoms with Crippen LogP contribution in [0.25, 0.3) is 0 Å². The van der Waals surface area contributed by atoms with Crippen LogP contribution < -0.4 is 10.2 Å². The molecule has 3 aromatic rings. The van der Waals surface area contributed by atoms with Crippen LogP contribution in [0.4, 0.5) is 5.69 Å². The van der Waals surface area contributed by atoms with Crippen molar-refractivity contribution in [3.05, 3.63) is 102 Å². The number of carboxylic acids is 1. The minimum absolute atomic E-state index is 0.136. The molecule has 0 saturated carbocycles. The summed E-state index contributed by atoms with van der Waals surface area (Å²) in [4.78, 5) is 26.5. The van der Waals surface area contributed by atoms with Crippen LogP contribution in [0.5, 0.6) is 0 Å². The lowest BCUT2D eigenvalue weighted by atomic mass is 9.84. The number of aliphatic carboxylic acids is 1. The Morgan fingerprint density at radius 3 is 2.29 bits per heavy atom. The molecule has 0 spiro atoms. The molecule has 0 saturated heterocycles. The van der Waals surface area contributed by atoms with Gasteiger partial charge in [0, 0.05) is 24.6 Å². The summed E-state index contributed by atoms with van der Waals surface area (Å²) in [6, 6.07) is 27.0. The normalized spacial score (nSPS) is 16.3. The highest BCUT2D eigenvalue weighted by atomic mass is 16.4. The van der Waals surface area contributed by atoms with Crippen LogP contribution in [0.2, 0.25) is 0 Å². The van der Waals surface area contributed by atoms with Gasteiger partial charge in [-0.25, -0.2) is 4.79 Å². The van der Waals surface area contributed by atoms with Crippen LogP contribution >= 0.6 is 0 Å². The van der Waals surface area contributed by atoms with Crippen molar-refractivity contribution in [3.8, 4) is 0 Å². The molecule has 4 rings (SSSR count). The fourth-order valence-electron chi connectivity index (χ4n) is 4.29. The van der Waals surface area contributed by atoms with E-state index >= 15 is 0 Å². The first kappa shape index (κ1) is 20.7. The summed E-state index contributed by atoms with van der Waals surface area (Å²) in [6.07, 6.45) is 1.16. The number of rotatable bonds is 7. The first-order valence-corrected chi connectivity index (χ1v) is 10.6. The molecule has 1 aliphatic heterocycles. The maximum atomic E-state index is 12.8. The first-order valence-electron chi connectivity index (χ1n) is 10.6. The number of para-hydroxylation sites is 1. The smallest absolute Gasteiger partial charge is 0.326 e. The lowest BCUT2D eigenvalue weighted by Gasteiger charge is -2.35. The second-order valence-corrected chi connectivity index (χ2v) is 7.88. The van der Waals surface area contributed by atoms with Gasteiger partial charge < -0.3 is 15.3 Å². The topological polar surface area (TPSA) is 69.6 Å². The van der Waals surface area contributed by atoms with Gasteiger partial charge in [0.2, 0.25) is 5.91 Å². The number of amides is 1. The Labute approximate surface area is 182 Å². The van der Waals surface area contributed by atoms with Crippen molar-refractivity contribution in [1.82, 2.24) is 5.32 Å². The van der Waals surface area contributed by atoms with Crippen LogP contribution in [0.1, 0.15) is 29.0 Å². The lowest BCUT2D eigenvalue weighted by Crippen LogP contribution is -2.47. The minimum Gasteiger partial charge on any atom is -0.480 e. The van der Waals surface area contributed by atoms with Gasteiger partial charge in [-0.1, -0.05) is 78.9 Å². The summed E-state index contributed by atoms with van der Waals surface area (Å²) in [5.74, 6) is -1.02. The van der Waals surface area contributed by atoms with E-state index in [-0.39, 0.29) is 18.9 Å². The highest BCUT2D eigenvalue weighted by Gasteiger charge is 2.28. The zero-order chi connectivity index (χ0) is 21.6. The molecular weight excluding hydrogens is 388 g/mol. The second-order valence-electron chi connectivity index (χ2n) is 7.88. The standard InChI is InChI=1S/C26H26N2O3/c29-25(27-23(26(30)31)17-19-9-3-1-4-10-19)18-28-16-15-21(20-11-5-2-6-12-20)22-13-7-8-14-24(22)28/h1-14,21,23H,15-18H2,(H,27,29)(H,30,31)/t21?,23-/m1/s1. The lowest BCUT2D eigenvalue weighted by molar-refractivity contribution is -0.141. The molecule has 0 aromatic heterocycles. The van der Waals surface area contributed by atoms with E-state index in [1.807, 2.05) is 59.5 Å². The van der Waals surface area contributed by atoms with Crippen LogP contribution in [0.15, 0.2) is 84.9 Å². The number of benzene rings is 3. The predicted molar refractivity (Wildman–Crippen MR) is 121 cm³/mol. The molecule has 2 atom stereocenters. The van der Waals surface area contributed by atoms with Gasteiger partial charge in [-0.15, -0.1) is 0 Å². The Balaban J connectivity index is 1.47. The van der Waals surface area contributed by atoms with Gasteiger partial charge in [0.25, 0.3) is 0 Å². The Bertz CT molecular complexity index is 1040. The summed E-state index contributed by atoms with van der Waals surface area (Å²) in [5, 5.41) is 12.3. The first-order chi connectivity index (χ1) is 15.1. The van der Waals surface area contributed by atoms with Crippen molar-refractivity contribution in [1.29, 1.82) is 0 Å². The van der Waals surface area contributed by atoms with Gasteiger partial charge in [-0.2, -0.15) is 0 Å². The fraction of sp³-hybridized carbons (Fsp3) is 0.231. The largest absolute Gasteiger partial charge is 0.480 e. The van der Waals surface area contributed by atoms with Crippen molar-refractivity contribution in [3.63, 3.8) is 0 Å². The van der Waals surface area contributed by atoms with E-state index in [0.29, 0.717) is 5.92 Å². The molecular formula is C26H26N2O3. The van der Waals surface area contributed by atoms with Crippen LogP contribution in [0.3, 0.4) is 0 Å². The Morgan fingerprint density at radius 2 is 1.58 bits per heavy atom. The Morgan fingerprint density at radius 1 is 0.935 bits per heavy atom. The number of nitrogens with one attached hydrogen (secondary N) is 1. The molecule has 0 aliphatic carbocycles. The van der Waals surface area contributed by atoms with Gasteiger partial charge in [-0.3, -0.25) is 4.79 Å². The van der Waals surface area contributed by atoms with E-state index in [9.17, 15) is 14.7 Å². The van der Waals surface area contributed by atoms with Gasteiger partial charge in [0.05, 0.1) is 6.54 Å². The van der Waals surface area contributed by atoms with Gasteiger partial charge in [0.15, 0.2) is 0 Å². The molecule has 1 aliphatic rings. The SMILES string of the molecule is O=C(CN1CCC(c2ccccc2)c2ccccc21)N[C@H](Cc1ccccc1)C(=O)O. The monoisotopic (exact) mass is 414 g/mol. The third kappa shape index (κ3) is 4.94. The number of nitrogens with zero attached hydrogens (tertiary/aromatic N) is 1. The molecule has 5 heteroatoms. The predicted octanol–water partition coefficient (Wildman–Crippen LogP) is 3.84. The summed E-state index contributed by atoms with van der Waals surface area (Å²) in [6.45, 7) is 0.873. The number of hydrogen-bond donors (Lipinski definition) is 2. The molecule has 3 aromatic carbocycles. The summed E-state index contributed by atoms with van der Waals surface area (Å²) < 4.78 is 0. The maximum absolute atomic E-state index is 12.8. The number of fused-ring (bicyclic) bond motifs is 1. The zero-order valence-corrected chi connectivity index (χ0v) is 17.3. The van der Waals surface area contributed by atoms with Gasteiger partial charge >= 0.3 is 5.97 Å². The molecule has 31 heavy (non-hydrogen) atoms. The van der Waals surface area contributed by atoms with E-state index in [1.165, 1.54) is 11.1 Å². The number of anilines is 1. The van der Waals surface area contributed by atoms with Crippen molar-refractivity contribution in [2.24, 2.45) is 0 Å². The van der Waals surface area contributed by atoms with E-state index < -0.39 is 12.0 Å². The molecule has 1 heterocycles. The average Bonchev–Trinajstić information content (AvgIpc) is 2.80. The number of carbonyl (C=O) groups is 2. The zero-order valence-electron chi connectivity index (χ0n) is 17.3.